The quantitative estimate of drug-likeness (QED) is 0.623. The molecular weight excluding hydrogens is 146 g/mol. The summed E-state index contributed by atoms with van der Waals surface area (Å²) in [5.41, 5.74) is 1.54. The number of hydrogen-bond donors (Lipinski definition) is 1. The second-order valence-electron chi connectivity index (χ2n) is 4.02. The Morgan fingerprint density at radius 2 is 2.25 bits per heavy atom. The first kappa shape index (κ1) is 9.79. The van der Waals surface area contributed by atoms with Gasteiger partial charge in [0, 0.05) is 6.04 Å². The summed E-state index contributed by atoms with van der Waals surface area (Å²) in [5, 5.41) is 3.50. The van der Waals surface area contributed by atoms with E-state index in [4.69, 9.17) is 0 Å². The van der Waals surface area contributed by atoms with E-state index in [1.807, 2.05) is 0 Å². The van der Waals surface area contributed by atoms with Gasteiger partial charge in [-0.1, -0.05) is 18.6 Å². The molecular formula is C11H21N. The van der Waals surface area contributed by atoms with Gasteiger partial charge in [-0.3, -0.25) is 0 Å². The molecule has 12 heavy (non-hydrogen) atoms. The van der Waals surface area contributed by atoms with Crippen LogP contribution in [-0.4, -0.2) is 12.6 Å². The van der Waals surface area contributed by atoms with Gasteiger partial charge in [-0.25, -0.2) is 0 Å². The van der Waals surface area contributed by atoms with Crippen molar-refractivity contribution in [2.75, 3.05) is 6.54 Å². The van der Waals surface area contributed by atoms with Gasteiger partial charge in [0.2, 0.25) is 0 Å². The molecule has 0 aromatic rings. The van der Waals surface area contributed by atoms with Crippen molar-refractivity contribution in [1.82, 2.24) is 5.32 Å². The highest BCUT2D eigenvalue weighted by molar-refractivity contribution is 5.04. The molecule has 3 atom stereocenters. The SMILES string of the molecule is C/C=C(\C)C(C)C1CCNC1C. The summed E-state index contributed by atoms with van der Waals surface area (Å²) in [5.74, 6) is 1.60. The summed E-state index contributed by atoms with van der Waals surface area (Å²) >= 11 is 0. The summed E-state index contributed by atoms with van der Waals surface area (Å²) in [6, 6.07) is 0.704. The minimum atomic E-state index is 0.704. The Balaban J connectivity index is 2.57. The van der Waals surface area contributed by atoms with Crippen molar-refractivity contribution >= 4 is 0 Å². The van der Waals surface area contributed by atoms with Crippen molar-refractivity contribution in [2.24, 2.45) is 11.8 Å². The first-order chi connectivity index (χ1) is 5.66. The summed E-state index contributed by atoms with van der Waals surface area (Å²) in [7, 11) is 0. The lowest BCUT2D eigenvalue weighted by molar-refractivity contribution is 0.373. The Morgan fingerprint density at radius 3 is 2.67 bits per heavy atom. The molecule has 0 aromatic heterocycles. The third-order valence-corrected chi connectivity index (χ3v) is 3.40. The Morgan fingerprint density at radius 1 is 1.58 bits per heavy atom. The molecule has 0 saturated carbocycles. The maximum atomic E-state index is 3.50. The van der Waals surface area contributed by atoms with Crippen LogP contribution in [0.4, 0.5) is 0 Å². The smallest absolute Gasteiger partial charge is 0.00730 e. The van der Waals surface area contributed by atoms with E-state index >= 15 is 0 Å². The van der Waals surface area contributed by atoms with E-state index in [0.29, 0.717) is 6.04 Å². The first-order valence-corrected chi connectivity index (χ1v) is 5.03. The van der Waals surface area contributed by atoms with Crippen LogP contribution < -0.4 is 5.32 Å². The van der Waals surface area contributed by atoms with Gasteiger partial charge in [-0.05, 0) is 45.6 Å². The number of allylic oxidation sites excluding steroid dienone is 2. The summed E-state index contributed by atoms with van der Waals surface area (Å²) in [4.78, 5) is 0. The summed E-state index contributed by atoms with van der Waals surface area (Å²) < 4.78 is 0. The van der Waals surface area contributed by atoms with Crippen LogP contribution in [-0.2, 0) is 0 Å². The van der Waals surface area contributed by atoms with Crippen LogP contribution in [0.3, 0.4) is 0 Å². The second kappa shape index (κ2) is 4.08. The van der Waals surface area contributed by atoms with Gasteiger partial charge in [0.1, 0.15) is 0 Å². The van der Waals surface area contributed by atoms with Crippen molar-refractivity contribution in [3.63, 3.8) is 0 Å². The van der Waals surface area contributed by atoms with Crippen LogP contribution in [0, 0.1) is 11.8 Å². The van der Waals surface area contributed by atoms with E-state index in [1.165, 1.54) is 18.5 Å². The Kier molecular flexibility index (Phi) is 3.33. The van der Waals surface area contributed by atoms with Crippen LogP contribution in [0.15, 0.2) is 11.6 Å². The standard InChI is InChI=1S/C11H21N/c1-5-8(2)9(3)11-6-7-12-10(11)4/h5,9-12H,6-7H2,1-4H3/b8-5+. The van der Waals surface area contributed by atoms with Crippen LogP contribution in [0.2, 0.25) is 0 Å². The molecule has 0 aromatic carbocycles. The van der Waals surface area contributed by atoms with Gasteiger partial charge in [0.15, 0.2) is 0 Å². The Bertz CT molecular complexity index is 172. The molecule has 1 rings (SSSR count). The molecule has 1 aliphatic heterocycles. The lowest BCUT2D eigenvalue weighted by atomic mass is 9.83. The minimum Gasteiger partial charge on any atom is -0.314 e. The van der Waals surface area contributed by atoms with E-state index in [2.05, 4.69) is 39.1 Å². The van der Waals surface area contributed by atoms with E-state index in [-0.39, 0.29) is 0 Å². The monoisotopic (exact) mass is 167 g/mol. The third kappa shape index (κ3) is 1.89. The maximum Gasteiger partial charge on any atom is 0.00730 e. The number of hydrogen-bond acceptors (Lipinski definition) is 1. The Labute approximate surface area is 76.2 Å². The van der Waals surface area contributed by atoms with Gasteiger partial charge in [0.05, 0.1) is 0 Å². The van der Waals surface area contributed by atoms with E-state index in [9.17, 15) is 0 Å². The highest BCUT2D eigenvalue weighted by Crippen LogP contribution is 2.28. The van der Waals surface area contributed by atoms with Crippen molar-refractivity contribution < 1.29 is 0 Å². The highest BCUT2D eigenvalue weighted by atomic mass is 14.9. The molecule has 0 aliphatic carbocycles. The van der Waals surface area contributed by atoms with Gasteiger partial charge >= 0.3 is 0 Å². The zero-order valence-electron chi connectivity index (χ0n) is 8.72. The normalized spacial score (nSPS) is 33.8. The lowest BCUT2D eigenvalue weighted by Crippen LogP contribution is -2.27. The third-order valence-electron chi connectivity index (χ3n) is 3.40. The van der Waals surface area contributed by atoms with Crippen LogP contribution >= 0.6 is 0 Å². The van der Waals surface area contributed by atoms with Crippen molar-refractivity contribution in [1.29, 1.82) is 0 Å². The predicted molar refractivity (Wildman–Crippen MR) is 54.2 cm³/mol. The first-order valence-electron chi connectivity index (χ1n) is 5.03. The van der Waals surface area contributed by atoms with Crippen molar-refractivity contribution in [3.05, 3.63) is 11.6 Å². The molecule has 1 fully saturated rings. The second-order valence-corrected chi connectivity index (χ2v) is 4.02. The number of rotatable bonds is 2. The fourth-order valence-electron chi connectivity index (χ4n) is 2.16. The average Bonchev–Trinajstić information content (AvgIpc) is 2.48. The van der Waals surface area contributed by atoms with Crippen molar-refractivity contribution in [3.8, 4) is 0 Å². The molecule has 0 radical (unpaired) electrons. The van der Waals surface area contributed by atoms with Crippen LogP contribution in [0.25, 0.3) is 0 Å². The fourth-order valence-corrected chi connectivity index (χ4v) is 2.16. The zero-order valence-corrected chi connectivity index (χ0v) is 8.72. The largest absolute Gasteiger partial charge is 0.314 e. The van der Waals surface area contributed by atoms with Gasteiger partial charge < -0.3 is 5.32 Å². The minimum absolute atomic E-state index is 0.704. The zero-order chi connectivity index (χ0) is 9.14. The lowest BCUT2D eigenvalue weighted by Gasteiger charge is -2.23. The predicted octanol–water partition coefficient (Wildman–Crippen LogP) is 2.59. The van der Waals surface area contributed by atoms with Gasteiger partial charge in [-0.2, -0.15) is 0 Å². The molecule has 0 bridgehead atoms. The fraction of sp³-hybridized carbons (Fsp3) is 0.818. The molecule has 70 valence electrons. The van der Waals surface area contributed by atoms with Gasteiger partial charge in [0.25, 0.3) is 0 Å². The molecule has 0 amide bonds. The van der Waals surface area contributed by atoms with Crippen molar-refractivity contribution in [2.45, 2.75) is 40.2 Å². The van der Waals surface area contributed by atoms with Crippen LogP contribution in [0.5, 0.6) is 0 Å². The van der Waals surface area contributed by atoms with Gasteiger partial charge in [-0.15, -0.1) is 0 Å². The molecule has 1 saturated heterocycles. The summed E-state index contributed by atoms with van der Waals surface area (Å²) in [6.45, 7) is 10.2. The van der Waals surface area contributed by atoms with E-state index < -0.39 is 0 Å². The molecule has 1 N–H and O–H groups in total. The van der Waals surface area contributed by atoms with E-state index in [1.54, 1.807) is 0 Å². The average molecular weight is 167 g/mol. The number of nitrogens with one attached hydrogen (secondary N) is 1. The molecule has 1 heteroatoms. The van der Waals surface area contributed by atoms with E-state index in [0.717, 1.165) is 11.8 Å². The molecule has 1 heterocycles. The molecule has 0 spiro atoms. The Hall–Kier alpha value is -0.300. The molecule has 1 nitrogen and oxygen atoms in total. The topological polar surface area (TPSA) is 12.0 Å². The van der Waals surface area contributed by atoms with Crippen LogP contribution in [0.1, 0.15) is 34.1 Å². The molecule has 1 aliphatic rings. The molecule has 3 unspecified atom stereocenters. The summed E-state index contributed by atoms with van der Waals surface area (Å²) in [6.07, 6.45) is 3.59. The maximum absolute atomic E-state index is 3.50. The highest BCUT2D eigenvalue weighted by Gasteiger charge is 2.28.